The lowest BCUT2D eigenvalue weighted by molar-refractivity contribution is 0.0697. The molecule has 8 heteroatoms. The summed E-state index contributed by atoms with van der Waals surface area (Å²) in [5.41, 5.74) is 1.92. The number of hydrogen-bond acceptors (Lipinski definition) is 6. The van der Waals surface area contributed by atoms with Crippen LogP contribution in [-0.4, -0.2) is 37.4 Å². The van der Waals surface area contributed by atoms with Crippen molar-refractivity contribution in [2.45, 2.75) is 12.8 Å². The van der Waals surface area contributed by atoms with E-state index in [-0.39, 0.29) is 17.3 Å². The summed E-state index contributed by atoms with van der Waals surface area (Å²) < 4.78 is 1.65. The average molecular weight is 352 g/mol. The third-order valence-corrected chi connectivity index (χ3v) is 3.92. The molecule has 1 aromatic carbocycles. The van der Waals surface area contributed by atoms with E-state index in [0.29, 0.717) is 12.5 Å². The Hall–Kier alpha value is -3.42. The fourth-order valence-corrected chi connectivity index (χ4v) is 2.50. The molecular formula is C18H20N6O2. The van der Waals surface area contributed by atoms with Gasteiger partial charge in [-0.15, -0.1) is 0 Å². The second-order valence-corrected chi connectivity index (χ2v) is 5.98. The molecule has 3 aromatic rings. The maximum atomic E-state index is 11.5. The summed E-state index contributed by atoms with van der Waals surface area (Å²) in [6, 6.07) is 10.0. The summed E-state index contributed by atoms with van der Waals surface area (Å²) >= 11 is 0. The number of carbonyl (C=O) groups is 1. The molecule has 0 aliphatic rings. The number of rotatable bonds is 7. The summed E-state index contributed by atoms with van der Waals surface area (Å²) in [4.78, 5) is 19.8. The van der Waals surface area contributed by atoms with Crippen molar-refractivity contribution < 1.29 is 9.90 Å². The fraction of sp³-hybridized carbons (Fsp3) is 0.222. The SMILES string of the molecule is C[C@@H](CNc1nc(Nc2cnn(C)c2)ncc1C(=O)O)c1ccccc1. The number of carboxylic acids is 1. The van der Waals surface area contributed by atoms with Gasteiger partial charge in [-0.25, -0.2) is 9.78 Å². The van der Waals surface area contributed by atoms with Crippen molar-refractivity contribution in [1.82, 2.24) is 19.7 Å². The Kier molecular flexibility index (Phi) is 5.12. The van der Waals surface area contributed by atoms with Crippen molar-refractivity contribution in [3.8, 4) is 0 Å². The van der Waals surface area contributed by atoms with Gasteiger partial charge in [-0.1, -0.05) is 37.3 Å². The molecule has 0 saturated heterocycles. The minimum atomic E-state index is -1.08. The molecule has 3 N–H and O–H groups in total. The van der Waals surface area contributed by atoms with Gasteiger partial charge >= 0.3 is 5.97 Å². The lowest BCUT2D eigenvalue weighted by atomic mass is 10.0. The largest absolute Gasteiger partial charge is 0.477 e. The second-order valence-electron chi connectivity index (χ2n) is 5.98. The van der Waals surface area contributed by atoms with Crippen LogP contribution in [-0.2, 0) is 7.05 Å². The van der Waals surface area contributed by atoms with Gasteiger partial charge in [0.05, 0.1) is 11.9 Å². The minimum absolute atomic E-state index is 0.0296. The molecule has 0 spiro atoms. The Morgan fingerprint density at radius 1 is 1.27 bits per heavy atom. The first-order chi connectivity index (χ1) is 12.5. The van der Waals surface area contributed by atoms with Crippen LogP contribution < -0.4 is 10.6 Å². The van der Waals surface area contributed by atoms with Gasteiger partial charge in [0.1, 0.15) is 11.4 Å². The van der Waals surface area contributed by atoms with Crippen LogP contribution in [0.5, 0.6) is 0 Å². The van der Waals surface area contributed by atoms with E-state index in [1.54, 1.807) is 24.1 Å². The second kappa shape index (κ2) is 7.64. The lowest BCUT2D eigenvalue weighted by Gasteiger charge is -2.15. The monoisotopic (exact) mass is 352 g/mol. The zero-order chi connectivity index (χ0) is 18.5. The van der Waals surface area contributed by atoms with E-state index in [1.165, 1.54) is 11.8 Å². The molecule has 3 rings (SSSR count). The van der Waals surface area contributed by atoms with Crippen LogP contribution in [0.25, 0.3) is 0 Å². The van der Waals surface area contributed by atoms with Crippen molar-refractivity contribution in [3.05, 3.63) is 60.0 Å². The summed E-state index contributed by atoms with van der Waals surface area (Å²) in [5.74, 6) is -0.296. The van der Waals surface area contributed by atoms with Crippen molar-refractivity contribution in [2.75, 3.05) is 17.2 Å². The van der Waals surface area contributed by atoms with Crippen LogP contribution in [0, 0.1) is 0 Å². The standard InChI is InChI=1S/C18H20N6O2/c1-12(13-6-4-3-5-7-13)8-19-16-15(17(25)26)10-20-18(23-16)22-14-9-21-24(2)11-14/h3-7,9-12H,8H2,1-2H3,(H,25,26)(H2,19,20,22,23)/t12-/m0/s1. The highest BCUT2D eigenvalue weighted by molar-refractivity contribution is 5.93. The third-order valence-electron chi connectivity index (χ3n) is 3.92. The topological polar surface area (TPSA) is 105 Å². The Bertz CT molecular complexity index is 894. The van der Waals surface area contributed by atoms with Crippen molar-refractivity contribution >= 4 is 23.4 Å². The van der Waals surface area contributed by atoms with Crippen molar-refractivity contribution in [1.29, 1.82) is 0 Å². The van der Waals surface area contributed by atoms with Crippen LogP contribution in [0.15, 0.2) is 48.9 Å². The van der Waals surface area contributed by atoms with Crippen LogP contribution in [0.1, 0.15) is 28.8 Å². The molecular weight excluding hydrogens is 332 g/mol. The van der Waals surface area contributed by atoms with Gasteiger partial charge in [0, 0.05) is 26.0 Å². The Balaban J connectivity index is 1.77. The molecule has 0 amide bonds. The summed E-state index contributed by atoms with van der Waals surface area (Å²) in [6.45, 7) is 2.62. The average Bonchev–Trinajstić information content (AvgIpc) is 3.05. The van der Waals surface area contributed by atoms with E-state index < -0.39 is 5.97 Å². The number of anilines is 3. The molecule has 0 aliphatic heterocycles. The zero-order valence-corrected chi connectivity index (χ0v) is 14.5. The van der Waals surface area contributed by atoms with Crippen molar-refractivity contribution in [2.24, 2.45) is 7.05 Å². The first-order valence-corrected chi connectivity index (χ1v) is 8.17. The molecule has 0 unspecified atom stereocenters. The molecule has 26 heavy (non-hydrogen) atoms. The first-order valence-electron chi connectivity index (χ1n) is 8.17. The van der Waals surface area contributed by atoms with E-state index in [9.17, 15) is 9.90 Å². The van der Waals surface area contributed by atoms with E-state index in [4.69, 9.17) is 0 Å². The molecule has 0 bridgehead atoms. The van der Waals surface area contributed by atoms with Crippen molar-refractivity contribution in [3.63, 3.8) is 0 Å². The fourth-order valence-electron chi connectivity index (χ4n) is 2.50. The number of aromatic carboxylic acids is 1. The van der Waals surface area contributed by atoms with Crippen LogP contribution >= 0.6 is 0 Å². The van der Waals surface area contributed by atoms with Gasteiger partial charge in [0.15, 0.2) is 0 Å². The molecule has 2 heterocycles. The quantitative estimate of drug-likeness (QED) is 0.600. The van der Waals surface area contributed by atoms with E-state index in [0.717, 1.165) is 5.69 Å². The lowest BCUT2D eigenvalue weighted by Crippen LogP contribution is -2.15. The molecule has 0 aliphatic carbocycles. The highest BCUT2D eigenvalue weighted by atomic mass is 16.4. The normalized spacial score (nSPS) is 11.8. The summed E-state index contributed by atoms with van der Waals surface area (Å²) in [7, 11) is 1.80. The minimum Gasteiger partial charge on any atom is -0.477 e. The highest BCUT2D eigenvalue weighted by Crippen LogP contribution is 2.20. The zero-order valence-electron chi connectivity index (χ0n) is 14.5. The molecule has 1 atom stereocenters. The van der Waals surface area contributed by atoms with Gasteiger partial charge < -0.3 is 15.7 Å². The first kappa shape index (κ1) is 17.4. The smallest absolute Gasteiger partial charge is 0.341 e. The molecule has 0 radical (unpaired) electrons. The number of carboxylic acid groups (broad SMARTS) is 1. The predicted molar refractivity (Wildman–Crippen MR) is 98.8 cm³/mol. The van der Waals surface area contributed by atoms with Gasteiger partial charge in [-0.2, -0.15) is 10.1 Å². The highest BCUT2D eigenvalue weighted by Gasteiger charge is 2.15. The summed E-state index contributed by atoms with van der Waals surface area (Å²) in [6.07, 6.45) is 4.71. The maximum absolute atomic E-state index is 11.5. The Labute approximate surface area is 150 Å². The van der Waals surface area contributed by atoms with Gasteiger partial charge in [0.25, 0.3) is 0 Å². The van der Waals surface area contributed by atoms with E-state index in [1.807, 2.05) is 30.3 Å². The van der Waals surface area contributed by atoms with E-state index in [2.05, 4.69) is 32.6 Å². The van der Waals surface area contributed by atoms with E-state index >= 15 is 0 Å². The number of hydrogen-bond donors (Lipinski definition) is 3. The molecule has 0 fully saturated rings. The molecule has 8 nitrogen and oxygen atoms in total. The number of aromatic nitrogens is 4. The number of nitrogens with zero attached hydrogens (tertiary/aromatic N) is 4. The third kappa shape index (κ3) is 4.15. The Morgan fingerprint density at radius 3 is 2.69 bits per heavy atom. The van der Waals surface area contributed by atoms with Crippen LogP contribution in [0.3, 0.4) is 0 Å². The summed E-state index contributed by atoms with van der Waals surface area (Å²) in [5, 5.41) is 19.6. The van der Waals surface area contributed by atoms with Gasteiger partial charge in [-0.3, -0.25) is 4.68 Å². The van der Waals surface area contributed by atoms with Gasteiger partial charge in [0.2, 0.25) is 5.95 Å². The number of benzene rings is 1. The number of aryl methyl sites for hydroxylation is 1. The number of nitrogens with one attached hydrogen (secondary N) is 2. The van der Waals surface area contributed by atoms with Crippen LogP contribution in [0.2, 0.25) is 0 Å². The molecule has 0 saturated carbocycles. The Morgan fingerprint density at radius 2 is 2.04 bits per heavy atom. The maximum Gasteiger partial charge on any atom is 0.341 e. The van der Waals surface area contributed by atoms with Gasteiger partial charge in [-0.05, 0) is 11.5 Å². The predicted octanol–water partition coefficient (Wildman–Crippen LogP) is 2.87. The molecule has 134 valence electrons. The molecule has 2 aromatic heterocycles. The van der Waals surface area contributed by atoms with Crippen LogP contribution in [0.4, 0.5) is 17.5 Å².